The summed E-state index contributed by atoms with van der Waals surface area (Å²) in [4.78, 5) is 0. The molecule has 1 N–H and O–H groups in total. The first-order chi connectivity index (χ1) is 7.70. The van der Waals surface area contributed by atoms with Gasteiger partial charge >= 0.3 is 0 Å². The molecule has 1 aromatic rings. The summed E-state index contributed by atoms with van der Waals surface area (Å²) in [6.07, 6.45) is 9.40. The average molecular weight is 220 g/mol. The highest BCUT2D eigenvalue weighted by molar-refractivity contribution is 5.27. The molecule has 0 amide bonds. The summed E-state index contributed by atoms with van der Waals surface area (Å²) in [7, 11) is 1.91. The summed E-state index contributed by atoms with van der Waals surface area (Å²) in [5, 5.41) is 14.5. The van der Waals surface area contributed by atoms with Crippen LogP contribution in [-0.2, 0) is 7.05 Å². The van der Waals surface area contributed by atoms with Crippen molar-refractivity contribution >= 4 is 0 Å². The molecular formula is C13H20N2O. The van der Waals surface area contributed by atoms with Gasteiger partial charge in [0, 0.05) is 18.3 Å². The number of nitrogens with zero attached hydrogens (tertiary/aromatic N) is 2. The molecule has 0 radical (unpaired) electrons. The Balaban J connectivity index is 2.20. The summed E-state index contributed by atoms with van der Waals surface area (Å²) < 4.78 is 1.82. The number of aromatic nitrogens is 2. The Morgan fingerprint density at radius 1 is 1.38 bits per heavy atom. The Morgan fingerprint density at radius 2 is 2.19 bits per heavy atom. The van der Waals surface area contributed by atoms with Crippen molar-refractivity contribution in [2.75, 3.05) is 0 Å². The minimum atomic E-state index is -0.452. The van der Waals surface area contributed by atoms with Gasteiger partial charge < -0.3 is 5.11 Å². The number of hydrogen-bond acceptors (Lipinski definition) is 2. The van der Waals surface area contributed by atoms with Gasteiger partial charge in [0.25, 0.3) is 0 Å². The van der Waals surface area contributed by atoms with Gasteiger partial charge in [0.2, 0.25) is 0 Å². The smallest absolute Gasteiger partial charge is 0.103 e. The number of aliphatic hydroxyl groups excluding tert-OH is 1. The average Bonchev–Trinajstić information content (AvgIpc) is 2.53. The van der Waals surface area contributed by atoms with Crippen molar-refractivity contribution in [1.82, 2.24) is 9.78 Å². The fourth-order valence-electron chi connectivity index (χ4n) is 2.27. The molecule has 1 unspecified atom stereocenters. The van der Waals surface area contributed by atoms with Crippen LogP contribution in [0, 0.1) is 6.92 Å². The molecule has 0 saturated heterocycles. The van der Waals surface area contributed by atoms with E-state index in [2.05, 4.69) is 11.2 Å². The van der Waals surface area contributed by atoms with Gasteiger partial charge in [0.1, 0.15) is 6.10 Å². The normalized spacial score (nSPS) is 19.1. The Bertz CT molecular complexity index is 393. The standard InChI is InChI=1S/C13H20N2O/c1-10-12(9-14-15(10)2)13(16)11-7-5-3-4-6-8-11/h7,9,13,16H,3-6,8H2,1-2H3. The van der Waals surface area contributed by atoms with E-state index in [1.54, 1.807) is 6.20 Å². The monoisotopic (exact) mass is 220 g/mol. The molecule has 88 valence electrons. The maximum atomic E-state index is 10.3. The van der Waals surface area contributed by atoms with Gasteiger partial charge in [-0.15, -0.1) is 0 Å². The highest BCUT2D eigenvalue weighted by atomic mass is 16.3. The van der Waals surface area contributed by atoms with Crippen LogP contribution in [-0.4, -0.2) is 14.9 Å². The zero-order valence-corrected chi connectivity index (χ0v) is 10.1. The second kappa shape index (κ2) is 4.83. The third-order valence-corrected chi connectivity index (χ3v) is 3.50. The topological polar surface area (TPSA) is 38.1 Å². The summed E-state index contributed by atoms with van der Waals surface area (Å²) in [5.41, 5.74) is 3.18. The molecule has 3 nitrogen and oxygen atoms in total. The fraction of sp³-hybridized carbons (Fsp3) is 0.615. The van der Waals surface area contributed by atoms with E-state index in [0.717, 1.165) is 24.1 Å². The lowest BCUT2D eigenvalue weighted by atomic mass is 9.98. The highest BCUT2D eigenvalue weighted by Crippen LogP contribution is 2.30. The highest BCUT2D eigenvalue weighted by Gasteiger charge is 2.18. The second-order valence-corrected chi connectivity index (χ2v) is 4.59. The molecular weight excluding hydrogens is 200 g/mol. The van der Waals surface area contributed by atoms with Gasteiger partial charge in [-0.1, -0.05) is 12.5 Å². The van der Waals surface area contributed by atoms with Crippen molar-refractivity contribution in [3.8, 4) is 0 Å². The van der Waals surface area contributed by atoms with Crippen LogP contribution >= 0.6 is 0 Å². The van der Waals surface area contributed by atoms with E-state index < -0.39 is 6.10 Å². The molecule has 1 aliphatic rings. The van der Waals surface area contributed by atoms with Crippen LogP contribution in [0.2, 0.25) is 0 Å². The molecule has 0 fully saturated rings. The molecule has 1 atom stereocenters. The van der Waals surface area contributed by atoms with Crippen LogP contribution in [0.15, 0.2) is 17.8 Å². The van der Waals surface area contributed by atoms with Crippen molar-refractivity contribution in [3.63, 3.8) is 0 Å². The van der Waals surface area contributed by atoms with E-state index >= 15 is 0 Å². The molecule has 0 spiro atoms. The Kier molecular flexibility index (Phi) is 3.44. The van der Waals surface area contributed by atoms with Crippen molar-refractivity contribution in [2.24, 2.45) is 7.05 Å². The van der Waals surface area contributed by atoms with E-state index in [1.807, 2.05) is 18.7 Å². The first-order valence-electron chi connectivity index (χ1n) is 6.05. The fourth-order valence-corrected chi connectivity index (χ4v) is 2.27. The van der Waals surface area contributed by atoms with Crippen LogP contribution in [0.3, 0.4) is 0 Å². The first-order valence-corrected chi connectivity index (χ1v) is 6.05. The number of allylic oxidation sites excluding steroid dienone is 1. The van der Waals surface area contributed by atoms with Crippen LogP contribution < -0.4 is 0 Å². The minimum Gasteiger partial charge on any atom is -0.384 e. The van der Waals surface area contributed by atoms with Crippen LogP contribution in [0.5, 0.6) is 0 Å². The van der Waals surface area contributed by atoms with Gasteiger partial charge in [0.15, 0.2) is 0 Å². The van der Waals surface area contributed by atoms with Gasteiger partial charge in [0.05, 0.1) is 6.20 Å². The largest absolute Gasteiger partial charge is 0.384 e. The Morgan fingerprint density at radius 3 is 2.88 bits per heavy atom. The lowest BCUT2D eigenvalue weighted by molar-refractivity contribution is 0.210. The SMILES string of the molecule is Cc1c(C(O)C2=CCCCCC2)cnn1C. The van der Waals surface area contributed by atoms with Crippen molar-refractivity contribution < 1.29 is 5.11 Å². The zero-order valence-electron chi connectivity index (χ0n) is 10.1. The van der Waals surface area contributed by atoms with Gasteiger partial charge in [-0.25, -0.2) is 0 Å². The molecule has 1 heterocycles. The maximum Gasteiger partial charge on any atom is 0.103 e. The van der Waals surface area contributed by atoms with Crippen molar-refractivity contribution in [2.45, 2.75) is 45.1 Å². The van der Waals surface area contributed by atoms with E-state index in [-0.39, 0.29) is 0 Å². The summed E-state index contributed by atoms with van der Waals surface area (Å²) in [6.45, 7) is 2.00. The first kappa shape index (κ1) is 11.4. The lowest BCUT2D eigenvalue weighted by Gasteiger charge is -2.13. The van der Waals surface area contributed by atoms with Crippen molar-refractivity contribution in [1.29, 1.82) is 0 Å². The molecule has 1 aliphatic carbocycles. The lowest BCUT2D eigenvalue weighted by Crippen LogP contribution is -2.03. The van der Waals surface area contributed by atoms with E-state index in [1.165, 1.54) is 24.8 Å². The molecule has 0 aromatic carbocycles. The molecule has 0 bridgehead atoms. The molecule has 0 aliphatic heterocycles. The van der Waals surface area contributed by atoms with E-state index in [0.29, 0.717) is 0 Å². The maximum absolute atomic E-state index is 10.3. The second-order valence-electron chi connectivity index (χ2n) is 4.59. The third kappa shape index (κ3) is 2.19. The quantitative estimate of drug-likeness (QED) is 0.778. The predicted octanol–water partition coefficient (Wildman–Crippen LogP) is 2.65. The number of aliphatic hydroxyl groups is 1. The van der Waals surface area contributed by atoms with E-state index in [9.17, 15) is 5.11 Å². The van der Waals surface area contributed by atoms with Crippen LogP contribution in [0.1, 0.15) is 49.5 Å². The molecule has 0 saturated carbocycles. The number of hydrogen-bond donors (Lipinski definition) is 1. The molecule has 3 heteroatoms. The zero-order chi connectivity index (χ0) is 11.5. The van der Waals surface area contributed by atoms with Crippen LogP contribution in [0.25, 0.3) is 0 Å². The number of rotatable bonds is 2. The minimum absolute atomic E-state index is 0.452. The predicted molar refractivity (Wildman–Crippen MR) is 64.1 cm³/mol. The van der Waals surface area contributed by atoms with Crippen molar-refractivity contribution in [3.05, 3.63) is 29.1 Å². The van der Waals surface area contributed by atoms with Gasteiger partial charge in [-0.05, 0) is 38.2 Å². The number of aryl methyl sites for hydroxylation is 1. The molecule has 1 aromatic heterocycles. The summed E-state index contributed by atoms with van der Waals surface area (Å²) >= 11 is 0. The molecule has 16 heavy (non-hydrogen) atoms. The van der Waals surface area contributed by atoms with Gasteiger partial charge in [-0.2, -0.15) is 5.10 Å². The summed E-state index contributed by atoms with van der Waals surface area (Å²) in [6, 6.07) is 0. The Labute approximate surface area is 96.8 Å². The van der Waals surface area contributed by atoms with Crippen LogP contribution in [0.4, 0.5) is 0 Å². The summed E-state index contributed by atoms with van der Waals surface area (Å²) in [5.74, 6) is 0. The third-order valence-electron chi connectivity index (χ3n) is 3.50. The molecule has 2 rings (SSSR count). The van der Waals surface area contributed by atoms with Gasteiger partial charge in [-0.3, -0.25) is 4.68 Å². The van der Waals surface area contributed by atoms with E-state index in [4.69, 9.17) is 0 Å². The Hall–Kier alpha value is -1.09.